The van der Waals surface area contributed by atoms with Crippen LogP contribution in [0.15, 0.2) is 167 Å². The third-order valence-corrected chi connectivity index (χ3v) is 9.91. The minimum absolute atomic E-state index is 0.0206. The van der Waals surface area contributed by atoms with E-state index >= 15 is 0 Å². The van der Waals surface area contributed by atoms with Crippen molar-refractivity contribution in [1.29, 1.82) is 0 Å². The van der Waals surface area contributed by atoms with Gasteiger partial charge in [-0.2, -0.15) is 0 Å². The molecule has 0 saturated carbocycles. The summed E-state index contributed by atoms with van der Waals surface area (Å²) in [7, 11) is 3.06. The molecule has 1 heterocycles. The number of hydrogen-bond donors (Lipinski definition) is 3. The fraction of sp³-hybridized carbons (Fsp3) is 0.0667. The quantitative estimate of drug-likeness (QED) is 0.0783. The van der Waals surface area contributed by atoms with Crippen LogP contribution in [0.2, 0.25) is 0 Å². The Bertz CT molecular complexity index is 2470. The van der Waals surface area contributed by atoms with Gasteiger partial charge in [-0.05, 0) is 102 Å². The van der Waals surface area contributed by atoms with Gasteiger partial charge in [-0.3, -0.25) is 14.4 Å². The number of para-hydroxylation sites is 2. The predicted molar refractivity (Wildman–Crippen MR) is 220 cm³/mol. The van der Waals surface area contributed by atoms with Gasteiger partial charge >= 0.3 is 0 Å². The molecule has 278 valence electrons. The molecule has 56 heavy (non-hydrogen) atoms. The fourth-order valence-electron chi connectivity index (χ4n) is 5.80. The lowest BCUT2D eigenvalue weighted by Crippen LogP contribution is -2.30. The molecule has 3 N–H and O–H groups in total. The van der Waals surface area contributed by atoms with E-state index in [4.69, 9.17) is 13.9 Å². The van der Waals surface area contributed by atoms with Gasteiger partial charge in [0.2, 0.25) is 11.8 Å². The number of benzene rings is 6. The summed E-state index contributed by atoms with van der Waals surface area (Å²) in [5, 5.41) is 8.11. The maximum absolute atomic E-state index is 13.8. The molecule has 0 aliphatic rings. The molecule has 0 bridgehead atoms. The number of anilines is 2. The van der Waals surface area contributed by atoms with Gasteiger partial charge in [-0.1, -0.05) is 66.7 Å². The van der Waals surface area contributed by atoms with Crippen molar-refractivity contribution in [3.8, 4) is 23.0 Å². The van der Waals surface area contributed by atoms with E-state index in [9.17, 15) is 14.4 Å². The molecule has 3 amide bonds. The largest absolute Gasteiger partial charge is 0.493 e. The average Bonchev–Trinajstić information content (AvgIpc) is 3.68. The van der Waals surface area contributed by atoms with Crippen LogP contribution < -0.4 is 25.4 Å². The van der Waals surface area contributed by atoms with E-state index in [-0.39, 0.29) is 11.6 Å². The second-order valence-electron chi connectivity index (χ2n) is 12.4. The Hall–Kier alpha value is -7.11. The number of nitrogens with zero attached hydrogens (tertiary/aromatic N) is 1. The van der Waals surface area contributed by atoms with Crippen molar-refractivity contribution in [2.45, 2.75) is 10.1 Å². The van der Waals surface area contributed by atoms with Crippen LogP contribution >= 0.6 is 11.8 Å². The minimum Gasteiger partial charge on any atom is -0.493 e. The SMILES string of the molecule is COc1ccc(/C=C(\NC(=O)c2ccccc2)C(=O)Nc2ccc(SC(C(=O)Nc3ccc(-c4nc5ccccc5o4)cc3)c3ccccc3)cc2)cc1OC. The molecule has 6 aromatic carbocycles. The fourth-order valence-corrected chi connectivity index (χ4v) is 6.83. The number of fused-ring (bicyclic) bond motifs is 1. The highest BCUT2D eigenvalue weighted by molar-refractivity contribution is 8.00. The summed E-state index contributed by atoms with van der Waals surface area (Å²) in [5.74, 6) is 0.327. The lowest BCUT2D eigenvalue weighted by atomic mass is 10.1. The lowest BCUT2D eigenvalue weighted by molar-refractivity contribution is -0.116. The highest BCUT2D eigenvalue weighted by atomic mass is 32.2. The summed E-state index contributed by atoms with van der Waals surface area (Å²) in [6.07, 6.45) is 1.56. The van der Waals surface area contributed by atoms with Crippen molar-refractivity contribution < 1.29 is 28.3 Å². The van der Waals surface area contributed by atoms with Crippen molar-refractivity contribution in [2.75, 3.05) is 24.9 Å². The van der Waals surface area contributed by atoms with Gasteiger partial charge in [0.25, 0.3) is 11.8 Å². The Labute approximate surface area is 327 Å². The molecule has 0 spiro atoms. The number of amides is 3. The van der Waals surface area contributed by atoms with Crippen LogP contribution in [0.25, 0.3) is 28.6 Å². The highest BCUT2D eigenvalue weighted by Gasteiger charge is 2.23. The maximum Gasteiger partial charge on any atom is 0.272 e. The molecule has 0 aliphatic heterocycles. The molecule has 0 aliphatic carbocycles. The summed E-state index contributed by atoms with van der Waals surface area (Å²) in [6.45, 7) is 0. The third kappa shape index (κ3) is 8.98. The smallest absolute Gasteiger partial charge is 0.272 e. The first-order valence-electron chi connectivity index (χ1n) is 17.6. The molecule has 0 radical (unpaired) electrons. The number of ether oxygens (including phenoxy) is 2. The van der Waals surface area contributed by atoms with Crippen molar-refractivity contribution in [3.63, 3.8) is 0 Å². The molecule has 1 aromatic heterocycles. The Balaban J connectivity index is 1.06. The van der Waals surface area contributed by atoms with Crippen LogP contribution in [0.4, 0.5) is 11.4 Å². The van der Waals surface area contributed by atoms with Crippen LogP contribution in [0.3, 0.4) is 0 Å². The molecule has 10 nitrogen and oxygen atoms in total. The van der Waals surface area contributed by atoms with E-state index in [1.807, 2.05) is 91.0 Å². The summed E-state index contributed by atoms with van der Waals surface area (Å²) in [4.78, 5) is 46.0. The lowest BCUT2D eigenvalue weighted by Gasteiger charge is -2.18. The normalized spacial score (nSPS) is 11.7. The molecule has 7 rings (SSSR count). The minimum atomic E-state index is -0.586. The molecule has 0 fully saturated rings. The molecule has 1 unspecified atom stereocenters. The number of methoxy groups -OCH3 is 2. The Kier molecular flexibility index (Phi) is 11.5. The number of nitrogens with one attached hydrogen (secondary N) is 3. The topological polar surface area (TPSA) is 132 Å². The van der Waals surface area contributed by atoms with Crippen molar-refractivity contribution in [2.24, 2.45) is 0 Å². The monoisotopic (exact) mass is 760 g/mol. The second-order valence-corrected chi connectivity index (χ2v) is 13.6. The zero-order valence-corrected chi connectivity index (χ0v) is 31.2. The number of carbonyl (C=O) groups is 3. The Morgan fingerprint density at radius 1 is 0.696 bits per heavy atom. The van der Waals surface area contributed by atoms with Crippen LogP contribution in [-0.2, 0) is 9.59 Å². The molecular weight excluding hydrogens is 725 g/mol. The number of thioether (sulfide) groups is 1. The van der Waals surface area contributed by atoms with Crippen LogP contribution in [0.1, 0.15) is 26.7 Å². The number of oxazole rings is 1. The first-order valence-corrected chi connectivity index (χ1v) is 18.4. The number of hydrogen-bond acceptors (Lipinski definition) is 8. The zero-order valence-electron chi connectivity index (χ0n) is 30.4. The zero-order chi connectivity index (χ0) is 38.9. The van der Waals surface area contributed by atoms with Gasteiger partial charge in [0.15, 0.2) is 17.1 Å². The number of rotatable bonds is 13. The first kappa shape index (κ1) is 37.2. The van der Waals surface area contributed by atoms with Gasteiger partial charge in [-0.25, -0.2) is 4.98 Å². The summed E-state index contributed by atoms with van der Waals surface area (Å²) in [5.41, 5.74) is 5.25. The van der Waals surface area contributed by atoms with E-state index in [2.05, 4.69) is 20.9 Å². The summed E-state index contributed by atoms with van der Waals surface area (Å²) < 4.78 is 16.7. The molecule has 7 aromatic rings. The van der Waals surface area contributed by atoms with E-state index in [1.165, 1.54) is 26.0 Å². The van der Waals surface area contributed by atoms with Crippen LogP contribution in [0, 0.1) is 0 Å². The van der Waals surface area contributed by atoms with Crippen molar-refractivity contribution in [3.05, 3.63) is 174 Å². The Morgan fingerprint density at radius 3 is 2.04 bits per heavy atom. The predicted octanol–water partition coefficient (Wildman–Crippen LogP) is 9.39. The van der Waals surface area contributed by atoms with Crippen LogP contribution in [-0.4, -0.2) is 36.9 Å². The van der Waals surface area contributed by atoms with Gasteiger partial charge in [-0.15, -0.1) is 11.8 Å². The highest BCUT2D eigenvalue weighted by Crippen LogP contribution is 2.37. The van der Waals surface area contributed by atoms with Gasteiger partial charge < -0.3 is 29.8 Å². The molecule has 1 atom stereocenters. The van der Waals surface area contributed by atoms with E-state index < -0.39 is 17.1 Å². The van der Waals surface area contributed by atoms with Crippen molar-refractivity contribution >= 4 is 58.0 Å². The van der Waals surface area contributed by atoms with E-state index in [1.54, 1.807) is 66.7 Å². The third-order valence-electron chi connectivity index (χ3n) is 8.65. The Morgan fingerprint density at radius 2 is 1.34 bits per heavy atom. The number of carbonyl (C=O) groups excluding carboxylic acids is 3. The van der Waals surface area contributed by atoms with Crippen molar-refractivity contribution in [1.82, 2.24) is 10.3 Å². The van der Waals surface area contributed by atoms with Crippen LogP contribution in [0.5, 0.6) is 11.5 Å². The maximum atomic E-state index is 13.8. The van der Waals surface area contributed by atoms with Gasteiger partial charge in [0, 0.05) is 27.4 Å². The first-order chi connectivity index (χ1) is 27.4. The summed E-state index contributed by atoms with van der Waals surface area (Å²) >= 11 is 1.38. The number of aromatic nitrogens is 1. The van der Waals surface area contributed by atoms with Gasteiger partial charge in [0.05, 0.1) is 14.2 Å². The van der Waals surface area contributed by atoms with E-state index in [0.717, 1.165) is 21.5 Å². The molecule has 11 heteroatoms. The summed E-state index contributed by atoms with van der Waals surface area (Å²) in [6, 6.07) is 45.4. The average molecular weight is 761 g/mol. The standard InChI is InChI=1S/C45H36N4O6S/c1-53-39-26-17-29(28-40(39)54-2)27-37(48-42(50)31-13-7-4-8-14-31)43(51)46-34-22-24-35(25-23-34)56-41(30-11-5-3-6-12-30)44(52)47-33-20-18-32(19-21-33)45-49-36-15-9-10-16-38(36)55-45/h3-28,41H,1-2H3,(H,46,51)(H,47,52)(H,48,50)/b37-27-. The van der Waals surface area contributed by atoms with E-state index in [0.29, 0.717) is 45.5 Å². The second kappa shape index (κ2) is 17.4. The molecule has 0 saturated heterocycles. The van der Waals surface area contributed by atoms with Gasteiger partial charge in [0.1, 0.15) is 16.5 Å². The molecular formula is C45H36N4O6S.